The fraction of sp³-hybridized carbons (Fsp3) is 0. The first-order valence-electron chi connectivity index (χ1n) is 17.2. The summed E-state index contributed by atoms with van der Waals surface area (Å²) < 4.78 is 65.7. The summed E-state index contributed by atoms with van der Waals surface area (Å²) in [5.41, 5.74) is 5.33. The molecule has 0 unspecified atom stereocenters. The minimum atomic E-state index is -0.490. The summed E-state index contributed by atoms with van der Waals surface area (Å²) in [6.07, 6.45) is 0. The Morgan fingerprint density at radius 3 is 1.51 bits per heavy atom. The topological polar surface area (TPSA) is 51.8 Å². The molecule has 0 saturated heterocycles. The molecule has 0 aliphatic heterocycles. The Labute approximate surface area is 258 Å². The van der Waals surface area contributed by atoms with Gasteiger partial charge in [-0.05, 0) is 34.3 Å². The minimum Gasteiger partial charge on any atom is -0.456 e. The van der Waals surface area contributed by atoms with Crippen molar-refractivity contribution in [3.05, 3.63) is 151 Å². The molecule has 0 radical (unpaired) electrons. The lowest BCUT2D eigenvalue weighted by atomic mass is 9.99. The maximum absolute atomic E-state index is 8.99. The Morgan fingerprint density at radius 2 is 0.884 bits per heavy atom. The van der Waals surface area contributed by atoms with Crippen LogP contribution >= 0.6 is 0 Å². The Kier molecular flexibility index (Phi) is 4.53. The lowest BCUT2D eigenvalue weighted by Crippen LogP contribution is -2.00. The molecule has 202 valence electrons. The van der Waals surface area contributed by atoms with Gasteiger partial charge in [0.2, 0.25) is 0 Å². The largest absolute Gasteiger partial charge is 0.456 e. The summed E-state index contributed by atoms with van der Waals surface area (Å²) in [6.45, 7) is 0. The van der Waals surface area contributed by atoms with Gasteiger partial charge in [0.15, 0.2) is 17.5 Å². The van der Waals surface area contributed by atoms with E-state index in [2.05, 4.69) is 36.4 Å². The molecule has 0 bridgehead atoms. The smallest absolute Gasteiger partial charge is 0.164 e. The van der Waals surface area contributed by atoms with Crippen LogP contribution in [0.5, 0.6) is 0 Å². The molecule has 8 rings (SSSR count). The van der Waals surface area contributed by atoms with Crippen molar-refractivity contribution in [2.45, 2.75) is 0 Å². The van der Waals surface area contributed by atoms with E-state index in [0.717, 1.165) is 22.3 Å². The van der Waals surface area contributed by atoms with Crippen molar-refractivity contribution in [3.63, 3.8) is 0 Å². The van der Waals surface area contributed by atoms with Crippen molar-refractivity contribution in [3.8, 4) is 56.4 Å². The first-order valence-corrected chi connectivity index (χ1v) is 13.7. The van der Waals surface area contributed by atoms with Gasteiger partial charge in [0, 0.05) is 27.5 Å². The highest BCUT2D eigenvalue weighted by Gasteiger charge is 2.17. The number of furan rings is 1. The molecule has 4 heteroatoms. The monoisotopic (exact) mass is 558 g/mol. The summed E-state index contributed by atoms with van der Waals surface area (Å²) in [5.74, 6) is 0.603. The van der Waals surface area contributed by atoms with Crippen LogP contribution in [0.3, 0.4) is 0 Å². The molecule has 0 N–H and O–H groups in total. The second kappa shape index (κ2) is 10.5. The molecule has 0 aliphatic rings. The second-order valence-electron chi connectivity index (χ2n) is 9.95. The van der Waals surface area contributed by atoms with Gasteiger partial charge in [-0.2, -0.15) is 0 Å². The standard InChI is InChI=1S/C39H25N3O/c1-3-10-26(11-4-1)27-18-20-28(21-19-27)29-22-24-31(25-23-29)38-40-37(30-12-5-2-6-13-30)41-39(42-38)33-15-9-17-35-36(33)32-14-7-8-16-34(32)43-35/h1-25H/i7D,8D,9D,14D,15D,16D,17D. The van der Waals surface area contributed by atoms with Crippen LogP contribution in [0, 0.1) is 0 Å². The molecule has 4 nitrogen and oxygen atoms in total. The fourth-order valence-corrected chi connectivity index (χ4v) is 5.16. The Morgan fingerprint density at radius 1 is 0.419 bits per heavy atom. The van der Waals surface area contributed by atoms with Crippen LogP contribution < -0.4 is 0 Å². The van der Waals surface area contributed by atoms with Crippen LogP contribution in [-0.2, 0) is 0 Å². The summed E-state index contributed by atoms with van der Waals surface area (Å²) in [6, 6.07) is 32.5. The minimum absolute atomic E-state index is 0.00569. The normalized spacial score (nSPS) is 13.5. The Hall–Kier alpha value is -5.87. The molecular weight excluding hydrogens is 526 g/mol. The summed E-state index contributed by atoms with van der Waals surface area (Å²) in [4.78, 5) is 14.3. The van der Waals surface area contributed by atoms with E-state index in [4.69, 9.17) is 29.0 Å². The zero-order valence-corrected chi connectivity index (χ0v) is 22.6. The predicted molar refractivity (Wildman–Crippen MR) is 174 cm³/mol. The summed E-state index contributed by atoms with van der Waals surface area (Å²) in [7, 11) is 0. The number of nitrogens with zero attached hydrogens (tertiary/aromatic N) is 3. The molecule has 8 aromatic rings. The maximum Gasteiger partial charge on any atom is 0.164 e. The number of rotatable bonds is 5. The lowest BCUT2D eigenvalue weighted by Gasteiger charge is -2.10. The number of fused-ring (bicyclic) bond motifs is 3. The first-order chi connectivity index (χ1) is 24.2. The molecule has 43 heavy (non-hydrogen) atoms. The molecule has 0 atom stereocenters. The van der Waals surface area contributed by atoms with Gasteiger partial charge in [-0.3, -0.25) is 0 Å². The molecular formula is C39H25N3O. The third-order valence-electron chi connectivity index (χ3n) is 7.31. The second-order valence-corrected chi connectivity index (χ2v) is 9.95. The van der Waals surface area contributed by atoms with Crippen LogP contribution in [0.1, 0.15) is 9.60 Å². The lowest BCUT2D eigenvalue weighted by molar-refractivity contribution is 0.669. The van der Waals surface area contributed by atoms with E-state index in [1.54, 1.807) is 0 Å². The molecule has 0 saturated carbocycles. The van der Waals surface area contributed by atoms with Crippen molar-refractivity contribution in [2.24, 2.45) is 0 Å². The van der Waals surface area contributed by atoms with E-state index in [-0.39, 0.29) is 45.4 Å². The Balaban J connectivity index is 1.31. The number of benzene rings is 6. The number of aromatic nitrogens is 3. The molecule has 0 aliphatic carbocycles. The van der Waals surface area contributed by atoms with Crippen molar-refractivity contribution >= 4 is 21.9 Å². The van der Waals surface area contributed by atoms with E-state index in [9.17, 15) is 0 Å². The highest BCUT2D eigenvalue weighted by molar-refractivity contribution is 6.11. The van der Waals surface area contributed by atoms with Crippen molar-refractivity contribution in [1.29, 1.82) is 0 Å². The average molecular weight is 559 g/mol. The van der Waals surface area contributed by atoms with E-state index in [0.29, 0.717) is 22.8 Å². The van der Waals surface area contributed by atoms with Gasteiger partial charge in [-0.25, -0.2) is 15.0 Å². The first kappa shape index (κ1) is 18.5. The summed E-state index contributed by atoms with van der Waals surface area (Å²) in [5, 5.41) is 0.0670. The van der Waals surface area contributed by atoms with Crippen LogP contribution in [0.25, 0.3) is 78.4 Å². The van der Waals surface area contributed by atoms with Gasteiger partial charge in [0.25, 0.3) is 0 Å². The van der Waals surface area contributed by atoms with E-state index < -0.39 is 30.2 Å². The number of hydrogen-bond acceptors (Lipinski definition) is 4. The van der Waals surface area contributed by atoms with E-state index in [1.165, 1.54) is 0 Å². The van der Waals surface area contributed by atoms with Crippen molar-refractivity contribution in [1.82, 2.24) is 15.0 Å². The number of hydrogen-bond donors (Lipinski definition) is 0. The predicted octanol–water partition coefficient (Wildman–Crippen LogP) is 10.1. The molecule has 0 spiro atoms. The fourth-order valence-electron chi connectivity index (χ4n) is 5.16. The zero-order valence-electron chi connectivity index (χ0n) is 29.6. The van der Waals surface area contributed by atoms with Gasteiger partial charge in [-0.1, -0.05) is 139 Å². The summed E-state index contributed by atoms with van der Waals surface area (Å²) >= 11 is 0. The Bertz CT molecular complexity index is 2590. The van der Waals surface area contributed by atoms with Crippen molar-refractivity contribution in [2.75, 3.05) is 0 Å². The highest BCUT2D eigenvalue weighted by atomic mass is 16.3. The van der Waals surface area contributed by atoms with Crippen LogP contribution in [-0.4, -0.2) is 15.0 Å². The third-order valence-corrected chi connectivity index (χ3v) is 7.31. The highest BCUT2D eigenvalue weighted by Crippen LogP contribution is 2.36. The maximum atomic E-state index is 8.99. The average Bonchev–Trinajstić information content (AvgIpc) is 3.57. The van der Waals surface area contributed by atoms with E-state index >= 15 is 0 Å². The number of para-hydroxylation sites is 1. The van der Waals surface area contributed by atoms with Gasteiger partial charge in [0.1, 0.15) is 11.2 Å². The van der Waals surface area contributed by atoms with Gasteiger partial charge >= 0.3 is 0 Å². The SMILES string of the molecule is [2H]c1c([2H])c([2H])c2c(oc3c([2H])c([2H])c([2H])c(-c4nc(-c5ccccc5)nc(-c5ccc(-c6ccc(-c7ccccc7)cc6)cc5)n4)c32)c1[2H]. The van der Waals surface area contributed by atoms with Gasteiger partial charge < -0.3 is 4.42 Å². The van der Waals surface area contributed by atoms with Crippen LogP contribution in [0.15, 0.2) is 156 Å². The van der Waals surface area contributed by atoms with Gasteiger partial charge in [0.05, 0.1) is 9.60 Å². The molecule has 0 amide bonds. The molecule has 6 aromatic carbocycles. The quantitative estimate of drug-likeness (QED) is 0.211. The zero-order chi connectivity index (χ0) is 34.7. The molecule has 2 heterocycles. The van der Waals surface area contributed by atoms with Crippen LogP contribution in [0.4, 0.5) is 0 Å². The van der Waals surface area contributed by atoms with Crippen LogP contribution in [0.2, 0.25) is 0 Å². The van der Waals surface area contributed by atoms with Gasteiger partial charge in [-0.15, -0.1) is 0 Å². The third kappa shape index (κ3) is 4.65. The van der Waals surface area contributed by atoms with E-state index in [1.807, 2.05) is 72.8 Å². The molecule has 2 aromatic heterocycles. The van der Waals surface area contributed by atoms with Crippen molar-refractivity contribution < 1.29 is 14.0 Å². The molecule has 0 fully saturated rings.